The molecule has 0 fully saturated rings. The highest BCUT2D eigenvalue weighted by Crippen LogP contribution is 1.86. The minimum absolute atomic E-state index is 0.0382. The summed E-state index contributed by atoms with van der Waals surface area (Å²) in [5.41, 5.74) is 2.71. The van der Waals surface area contributed by atoms with Gasteiger partial charge in [0.1, 0.15) is 0 Å². The second kappa shape index (κ2) is 3.69. The molecule has 0 aliphatic carbocycles. The molecular weight excluding hydrogens is 203 g/mol. The first-order chi connectivity index (χ1) is 7.95. The molecule has 78 valence electrons. The van der Waals surface area contributed by atoms with E-state index in [4.69, 9.17) is 0 Å². The third-order valence-electron chi connectivity index (χ3n) is 2.45. The van der Waals surface area contributed by atoms with Crippen LogP contribution < -0.4 is 16.8 Å². The average Bonchev–Trinajstić information content (AvgIpc) is 3.02. The Morgan fingerprint density at radius 1 is 0.688 bits per heavy atom. The average molecular weight is 212 g/mol. The van der Waals surface area contributed by atoms with E-state index in [9.17, 15) is 0 Å². The van der Waals surface area contributed by atoms with Crippen molar-refractivity contribution in [3.05, 3.63) is 36.8 Å². The molecule has 3 N–H and O–H groups in total. The van der Waals surface area contributed by atoms with Crippen LogP contribution in [-0.2, 0) is 0 Å². The van der Waals surface area contributed by atoms with Crippen molar-refractivity contribution in [2.75, 3.05) is 0 Å². The van der Waals surface area contributed by atoms with Crippen LogP contribution in [0.2, 0.25) is 0 Å². The van der Waals surface area contributed by atoms with Crippen LogP contribution in [0.25, 0.3) is 0 Å². The first-order valence-electron chi connectivity index (χ1n) is 4.94. The van der Waals surface area contributed by atoms with Crippen LogP contribution in [0.15, 0.2) is 36.8 Å². The Morgan fingerprint density at radius 3 is 1.31 bits per heavy atom. The van der Waals surface area contributed by atoms with Gasteiger partial charge in [0.25, 0.3) is 0 Å². The summed E-state index contributed by atoms with van der Waals surface area (Å²) in [5, 5.41) is 21.0. The van der Waals surface area contributed by atoms with Gasteiger partial charge in [0, 0.05) is 35.4 Å². The largest absolute Gasteiger partial charge is 0.317 e. The normalized spacial score (nSPS) is 10.5. The van der Waals surface area contributed by atoms with Gasteiger partial charge in [-0.1, -0.05) is 0 Å². The third-order valence-corrected chi connectivity index (χ3v) is 2.45. The van der Waals surface area contributed by atoms with Crippen molar-refractivity contribution in [2.45, 2.75) is 0 Å². The first-order valence-corrected chi connectivity index (χ1v) is 4.94. The monoisotopic (exact) mass is 212 g/mol. The van der Waals surface area contributed by atoms with Crippen LogP contribution in [0.1, 0.15) is 0 Å². The Balaban J connectivity index is 2.09. The summed E-state index contributed by atoms with van der Waals surface area (Å²) in [7, 11) is 0. The number of hydrogen-bond acceptors (Lipinski definition) is 3. The summed E-state index contributed by atoms with van der Waals surface area (Å²) in [6, 6.07) is 5.77. The Bertz CT molecular complexity index is 445. The lowest BCUT2D eigenvalue weighted by Crippen LogP contribution is -2.54. The van der Waals surface area contributed by atoms with E-state index in [1.165, 1.54) is 0 Å². The third kappa shape index (κ3) is 1.42. The van der Waals surface area contributed by atoms with Gasteiger partial charge in [-0.15, -0.1) is 0 Å². The molecular formula is C9H9BN6. The van der Waals surface area contributed by atoms with E-state index in [0.717, 1.165) is 16.8 Å². The van der Waals surface area contributed by atoms with Gasteiger partial charge in [0.2, 0.25) is 0 Å². The number of hydrogen-bond donors (Lipinski definition) is 3. The van der Waals surface area contributed by atoms with Crippen LogP contribution >= 0.6 is 0 Å². The molecule has 0 spiro atoms. The molecule has 6 nitrogen and oxygen atoms in total. The molecule has 0 saturated heterocycles. The van der Waals surface area contributed by atoms with Crippen molar-refractivity contribution >= 4 is 23.5 Å². The number of nitrogens with one attached hydrogen (secondary N) is 3. The van der Waals surface area contributed by atoms with Gasteiger partial charge < -0.3 is 0 Å². The maximum atomic E-state index is 4.20. The molecule has 16 heavy (non-hydrogen) atoms. The van der Waals surface area contributed by atoms with Crippen molar-refractivity contribution < 1.29 is 0 Å². The van der Waals surface area contributed by atoms with Crippen LogP contribution in [0, 0.1) is 0 Å². The quantitative estimate of drug-likeness (QED) is 0.455. The summed E-state index contributed by atoms with van der Waals surface area (Å²) in [5.74, 6) is 0. The molecule has 0 aliphatic rings. The molecule has 0 radical (unpaired) electrons. The fraction of sp³-hybridized carbons (Fsp3) is 0. The number of H-pyrrole nitrogens is 3. The van der Waals surface area contributed by atoms with Gasteiger partial charge >= 0.3 is 6.71 Å². The molecule has 3 aromatic rings. The maximum absolute atomic E-state index is 4.20. The smallest absolute Gasteiger partial charge is 0.286 e. The zero-order chi connectivity index (χ0) is 10.8. The Morgan fingerprint density at radius 2 is 1.06 bits per heavy atom. The highest BCUT2D eigenvalue weighted by Gasteiger charge is 2.27. The van der Waals surface area contributed by atoms with Crippen LogP contribution in [0.4, 0.5) is 0 Å². The second-order valence-corrected chi connectivity index (χ2v) is 3.43. The molecule has 0 atom stereocenters. The minimum Gasteiger partial charge on any atom is -0.286 e. The van der Waals surface area contributed by atoms with Crippen molar-refractivity contribution in [1.29, 1.82) is 0 Å². The van der Waals surface area contributed by atoms with E-state index in [2.05, 4.69) is 30.6 Å². The second-order valence-electron chi connectivity index (χ2n) is 3.43. The summed E-state index contributed by atoms with van der Waals surface area (Å²) in [6.45, 7) is -0.0382. The van der Waals surface area contributed by atoms with Gasteiger partial charge in [0.15, 0.2) is 0 Å². The van der Waals surface area contributed by atoms with Crippen molar-refractivity contribution in [3.63, 3.8) is 0 Å². The summed E-state index contributed by atoms with van der Waals surface area (Å²) in [4.78, 5) is 0. The van der Waals surface area contributed by atoms with Gasteiger partial charge in [-0.05, 0) is 18.2 Å². The van der Waals surface area contributed by atoms with E-state index >= 15 is 0 Å². The van der Waals surface area contributed by atoms with Gasteiger partial charge in [-0.3, -0.25) is 15.3 Å². The number of aromatic nitrogens is 6. The predicted octanol–water partition coefficient (Wildman–Crippen LogP) is -1.63. The zero-order valence-electron chi connectivity index (χ0n) is 8.38. The van der Waals surface area contributed by atoms with E-state index < -0.39 is 0 Å². The lowest BCUT2D eigenvalue weighted by molar-refractivity contribution is 1.09. The summed E-state index contributed by atoms with van der Waals surface area (Å²) in [6.07, 6.45) is 5.38. The van der Waals surface area contributed by atoms with Gasteiger partial charge in [-0.2, -0.15) is 15.3 Å². The Kier molecular flexibility index (Phi) is 2.07. The molecule has 3 rings (SSSR count). The number of aromatic amines is 3. The minimum atomic E-state index is -0.0382. The van der Waals surface area contributed by atoms with Crippen LogP contribution in [-0.4, -0.2) is 37.3 Å². The fourth-order valence-corrected chi connectivity index (χ4v) is 1.75. The first kappa shape index (κ1) is 8.96. The van der Waals surface area contributed by atoms with E-state index in [1.807, 2.05) is 18.2 Å². The molecule has 3 aromatic heterocycles. The number of rotatable bonds is 3. The Labute approximate surface area is 91.6 Å². The molecule has 0 amide bonds. The van der Waals surface area contributed by atoms with Crippen LogP contribution in [0.5, 0.6) is 0 Å². The molecule has 0 unspecified atom stereocenters. The summed E-state index contributed by atoms with van der Waals surface area (Å²) >= 11 is 0. The molecule has 7 heteroatoms. The topological polar surface area (TPSA) is 86.0 Å². The van der Waals surface area contributed by atoms with Gasteiger partial charge in [-0.25, -0.2) is 0 Å². The SMILES string of the molecule is c1cc(B(c2cc[nH]n2)c2cc[nH]n2)n[nH]1. The molecule has 0 aliphatic heterocycles. The Hall–Kier alpha value is -2.31. The van der Waals surface area contributed by atoms with E-state index in [1.54, 1.807) is 18.6 Å². The standard InChI is InChI=1S/C9H9BN6/c1-4-11-14-7(1)10(8-2-5-12-15-8)9-3-6-13-16-9/h1-6H,(H,11,14)(H,12,15)(H,13,16). The van der Waals surface area contributed by atoms with E-state index in [-0.39, 0.29) is 6.71 Å². The van der Waals surface area contributed by atoms with E-state index in [0.29, 0.717) is 0 Å². The molecule has 3 heterocycles. The molecule has 0 saturated carbocycles. The molecule has 0 aromatic carbocycles. The van der Waals surface area contributed by atoms with Crippen molar-refractivity contribution in [2.24, 2.45) is 0 Å². The predicted molar refractivity (Wildman–Crippen MR) is 60.4 cm³/mol. The lowest BCUT2D eigenvalue weighted by Gasteiger charge is -2.03. The summed E-state index contributed by atoms with van der Waals surface area (Å²) < 4.78 is 0. The fourth-order valence-electron chi connectivity index (χ4n) is 1.75. The van der Waals surface area contributed by atoms with Crippen molar-refractivity contribution in [3.8, 4) is 0 Å². The highest BCUT2D eigenvalue weighted by atomic mass is 15.1. The zero-order valence-corrected chi connectivity index (χ0v) is 8.38. The molecule has 0 bridgehead atoms. The lowest BCUT2D eigenvalue weighted by atomic mass is 9.42. The highest BCUT2D eigenvalue weighted by molar-refractivity contribution is 6.93. The van der Waals surface area contributed by atoms with Crippen molar-refractivity contribution in [1.82, 2.24) is 30.6 Å². The number of nitrogens with zero attached hydrogens (tertiary/aromatic N) is 3. The maximum Gasteiger partial charge on any atom is 0.317 e. The van der Waals surface area contributed by atoms with Crippen LogP contribution in [0.3, 0.4) is 0 Å². The van der Waals surface area contributed by atoms with Gasteiger partial charge in [0.05, 0.1) is 0 Å².